The zero-order valence-corrected chi connectivity index (χ0v) is 21.4. The number of phenols is 2. The van der Waals surface area contributed by atoms with Gasteiger partial charge in [-0.15, -0.1) is 0 Å². The Balaban J connectivity index is 1.89. The highest BCUT2D eigenvalue weighted by Gasteiger charge is 2.20. The molecule has 0 amide bonds. The van der Waals surface area contributed by atoms with E-state index in [2.05, 4.69) is 0 Å². The number of ether oxygens (including phenoxy) is 4. The van der Waals surface area contributed by atoms with Crippen molar-refractivity contribution in [1.82, 2.24) is 0 Å². The van der Waals surface area contributed by atoms with Gasteiger partial charge in [-0.25, -0.2) is 0 Å². The van der Waals surface area contributed by atoms with E-state index in [1.807, 2.05) is 64.1 Å². The zero-order valence-electron chi connectivity index (χ0n) is 21.4. The molecule has 36 heavy (non-hydrogen) atoms. The fourth-order valence-corrected chi connectivity index (χ4v) is 4.34. The van der Waals surface area contributed by atoms with E-state index < -0.39 is 0 Å². The second-order valence-corrected chi connectivity index (χ2v) is 8.73. The summed E-state index contributed by atoms with van der Waals surface area (Å²) in [6.45, 7) is 10.7. The van der Waals surface area contributed by atoms with Gasteiger partial charge < -0.3 is 29.2 Å². The minimum atomic E-state index is 0.0772. The maximum Gasteiger partial charge on any atom is 0.131 e. The minimum Gasteiger partial charge on any atom is -0.507 e. The van der Waals surface area contributed by atoms with Crippen molar-refractivity contribution in [2.45, 2.75) is 27.7 Å². The molecule has 6 heteroatoms. The lowest BCUT2D eigenvalue weighted by atomic mass is 9.94. The monoisotopic (exact) mass is 490 g/mol. The highest BCUT2D eigenvalue weighted by atomic mass is 16.5. The van der Waals surface area contributed by atoms with Gasteiger partial charge in [-0.2, -0.15) is 0 Å². The molecule has 0 radical (unpaired) electrons. The van der Waals surface area contributed by atoms with E-state index in [0.29, 0.717) is 73.0 Å². The molecule has 0 aliphatic rings. The number of phenolic OH excluding ortho intramolecular Hbond substituents is 2. The summed E-state index contributed by atoms with van der Waals surface area (Å²) < 4.78 is 23.0. The van der Waals surface area contributed by atoms with E-state index in [9.17, 15) is 10.2 Å². The second-order valence-electron chi connectivity index (χ2n) is 8.73. The fourth-order valence-electron chi connectivity index (χ4n) is 4.34. The molecule has 0 saturated heterocycles. The molecule has 190 valence electrons. The molecule has 0 bridgehead atoms. The Morgan fingerprint density at radius 2 is 0.972 bits per heavy atom. The first-order valence-corrected chi connectivity index (χ1v) is 12.4. The third-order valence-corrected chi connectivity index (χ3v) is 6.12. The second kappa shape index (κ2) is 11.5. The quantitative estimate of drug-likeness (QED) is 0.233. The molecule has 4 aromatic rings. The Bertz CT molecular complexity index is 1260. The summed E-state index contributed by atoms with van der Waals surface area (Å²) in [5, 5.41) is 25.7. The molecule has 0 aliphatic heterocycles. The highest BCUT2D eigenvalue weighted by Crippen LogP contribution is 2.48. The van der Waals surface area contributed by atoms with Crippen LogP contribution in [0, 0.1) is 13.8 Å². The predicted octanol–water partition coefficient (Wildman–Crippen LogP) is 6.52. The van der Waals surface area contributed by atoms with Gasteiger partial charge in [0.05, 0.1) is 13.2 Å². The number of aromatic hydroxyl groups is 2. The highest BCUT2D eigenvalue weighted by molar-refractivity contribution is 6.04. The number of hydrogen-bond acceptors (Lipinski definition) is 6. The lowest BCUT2D eigenvalue weighted by Crippen LogP contribution is -2.07. The third kappa shape index (κ3) is 5.35. The van der Waals surface area contributed by atoms with E-state index in [-0.39, 0.29) is 11.5 Å². The van der Waals surface area contributed by atoms with Crippen molar-refractivity contribution in [3.8, 4) is 34.1 Å². The smallest absolute Gasteiger partial charge is 0.131 e. The first kappa shape index (κ1) is 25.6. The van der Waals surface area contributed by atoms with Gasteiger partial charge in [-0.05, 0) is 52.0 Å². The normalized spacial score (nSPS) is 11.3. The molecule has 4 aromatic carbocycles. The van der Waals surface area contributed by atoms with Crippen molar-refractivity contribution in [1.29, 1.82) is 0 Å². The summed E-state index contributed by atoms with van der Waals surface area (Å²) in [6.07, 6.45) is 0. The van der Waals surface area contributed by atoms with Crippen LogP contribution in [-0.4, -0.2) is 49.9 Å². The van der Waals surface area contributed by atoms with Crippen molar-refractivity contribution in [3.63, 3.8) is 0 Å². The molecule has 0 saturated carbocycles. The number of fused-ring (bicyclic) bond motifs is 2. The molecule has 4 rings (SSSR count). The summed E-state index contributed by atoms with van der Waals surface area (Å²) in [7, 11) is 0. The van der Waals surface area contributed by atoms with Gasteiger partial charge in [0, 0.05) is 45.9 Å². The van der Waals surface area contributed by atoms with Crippen LogP contribution in [0.5, 0.6) is 23.0 Å². The van der Waals surface area contributed by atoms with Crippen LogP contribution in [0.15, 0.2) is 48.5 Å². The van der Waals surface area contributed by atoms with Crippen molar-refractivity contribution in [2.24, 2.45) is 0 Å². The summed E-state index contributed by atoms with van der Waals surface area (Å²) in [5.74, 6) is 1.38. The topological polar surface area (TPSA) is 77.4 Å². The molecule has 6 nitrogen and oxygen atoms in total. The molecule has 0 heterocycles. The fraction of sp³-hybridized carbons (Fsp3) is 0.333. The van der Waals surface area contributed by atoms with Gasteiger partial charge in [-0.1, -0.05) is 35.4 Å². The summed E-state index contributed by atoms with van der Waals surface area (Å²) in [5.41, 5.74) is 2.95. The zero-order chi connectivity index (χ0) is 25.7. The maximum absolute atomic E-state index is 11.4. The van der Waals surface area contributed by atoms with Gasteiger partial charge in [0.1, 0.15) is 36.2 Å². The van der Waals surface area contributed by atoms with Crippen LogP contribution in [0.25, 0.3) is 32.7 Å². The van der Waals surface area contributed by atoms with Crippen LogP contribution in [0.4, 0.5) is 0 Å². The van der Waals surface area contributed by atoms with Crippen LogP contribution in [-0.2, 0) is 9.47 Å². The van der Waals surface area contributed by atoms with E-state index in [0.717, 1.165) is 21.9 Å². The van der Waals surface area contributed by atoms with Crippen LogP contribution in [0.2, 0.25) is 0 Å². The number of aryl methyl sites for hydroxylation is 2. The van der Waals surface area contributed by atoms with Crippen molar-refractivity contribution < 1.29 is 29.2 Å². The minimum absolute atomic E-state index is 0.0772. The van der Waals surface area contributed by atoms with Gasteiger partial charge in [0.2, 0.25) is 0 Å². The van der Waals surface area contributed by atoms with E-state index in [4.69, 9.17) is 18.9 Å². The van der Waals surface area contributed by atoms with Gasteiger partial charge in [-0.3, -0.25) is 0 Å². The summed E-state index contributed by atoms with van der Waals surface area (Å²) >= 11 is 0. The van der Waals surface area contributed by atoms with Crippen molar-refractivity contribution in [3.05, 3.63) is 59.7 Å². The molecular formula is C30H34O6. The molecule has 0 atom stereocenters. The van der Waals surface area contributed by atoms with Crippen LogP contribution < -0.4 is 9.47 Å². The van der Waals surface area contributed by atoms with E-state index in [1.165, 1.54) is 0 Å². The number of benzene rings is 4. The Labute approximate surface area is 212 Å². The lowest BCUT2D eigenvalue weighted by Gasteiger charge is -2.18. The molecule has 0 fully saturated rings. The number of rotatable bonds is 11. The van der Waals surface area contributed by atoms with E-state index >= 15 is 0 Å². The molecule has 0 spiro atoms. The van der Waals surface area contributed by atoms with E-state index in [1.54, 1.807) is 12.1 Å². The third-order valence-electron chi connectivity index (χ3n) is 6.12. The van der Waals surface area contributed by atoms with Crippen molar-refractivity contribution in [2.75, 3.05) is 39.6 Å². The Morgan fingerprint density at radius 3 is 1.36 bits per heavy atom. The standard InChI is InChI=1S/C30H34O6/c1-5-33-11-13-35-27-17-25(29(31)23-15-19(3)7-9-21(23)27)26-18-28(36-14-12-34-6-2)22-10-8-20(4)16-24(22)30(26)32/h7-10,15-18,31-32H,5-6,11-14H2,1-4H3. The maximum atomic E-state index is 11.4. The largest absolute Gasteiger partial charge is 0.507 e. The summed E-state index contributed by atoms with van der Waals surface area (Å²) in [4.78, 5) is 0. The molecule has 0 aromatic heterocycles. The van der Waals surface area contributed by atoms with Gasteiger partial charge in [0.15, 0.2) is 0 Å². The van der Waals surface area contributed by atoms with Crippen molar-refractivity contribution >= 4 is 21.5 Å². The van der Waals surface area contributed by atoms with Crippen LogP contribution in [0.3, 0.4) is 0 Å². The number of hydrogen-bond donors (Lipinski definition) is 2. The average molecular weight is 491 g/mol. The predicted molar refractivity (Wildman–Crippen MR) is 144 cm³/mol. The Hall–Kier alpha value is -3.48. The molecule has 2 N–H and O–H groups in total. The Morgan fingerprint density at radius 1 is 0.556 bits per heavy atom. The lowest BCUT2D eigenvalue weighted by molar-refractivity contribution is 0.110. The summed E-state index contributed by atoms with van der Waals surface area (Å²) in [6, 6.07) is 15.2. The average Bonchev–Trinajstić information content (AvgIpc) is 2.87. The Kier molecular flexibility index (Phi) is 8.18. The van der Waals surface area contributed by atoms with Crippen LogP contribution in [0.1, 0.15) is 25.0 Å². The first-order valence-electron chi connectivity index (χ1n) is 12.4. The molecule has 0 unspecified atom stereocenters. The first-order chi connectivity index (χ1) is 17.4. The van der Waals surface area contributed by atoms with Gasteiger partial charge >= 0.3 is 0 Å². The molecular weight excluding hydrogens is 456 g/mol. The molecule has 0 aliphatic carbocycles. The van der Waals surface area contributed by atoms with Crippen LogP contribution >= 0.6 is 0 Å². The van der Waals surface area contributed by atoms with Gasteiger partial charge in [0.25, 0.3) is 0 Å². The SMILES string of the molecule is CCOCCOc1cc(-c2cc(OCCOCC)c3ccc(C)cc3c2O)c(O)c2cc(C)ccc12.